The number of aromatic nitrogens is 2. The molecule has 2 N–H and O–H groups in total. The van der Waals surface area contributed by atoms with E-state index in [2.05, 4.69) is 50.6 Å². The zero-order valence-corrected chi connectivity index (χ0v) is 13.2. The summed E-state index contributed by atoms with van der Waals surface area (Å²) < 4.78 is 2.07. The molecule has 20 heavy (non-hydrogen) atoms. The fraction of sp³-hybridized carbons (Fsp3) is 0.471. The Hall–Kier alpha value is -1.61. The van der Waals surface area contributed by atoms with Gasteiger partial charge >= 0.3 is 0 Å². The first-order chi connectivity index (χ1) is 9.43. The maximum Gasteiger partial charge on any atom is 0.0678 e. The average Bonchev–Trinajstić information content (AvgIpc) is 2.63. The molecule has 0 saturated heterocycles. The van der Waals surface area contributed by atoms with E-state index in [0.29, 0.717) is 0 Å². The van der Waals surface area contributed by atoms with Gasteiger partial charge in [-0.3, -0.25) is 0 Å². The smallest absolute Gasteiger partial charge is 0.0678 e. The minimum absolute atomic E-state index is 0.195. The molecule has 0 saturated carbocycles. The second-order valence-electron chi connectivity index (χ2n) is 5.72. The van der Waals surface area contributed by atoms with Gasteiger partial charge in [-0.1, -0.05) is 19.1 Å². The van der Waals surface area contributed by atoms with Crippen LogP contribution >= 0.6 is 0 Å². The molecule has 1 aromatic carbocycles. The summed E-state index contributed by atoms with van der Waals surface area (Å²) in [6.45, 7) is 10.6. The van der Waals surface area contributed by atoms with Gasteiger partial charge in [-0.15, -0.1) is 0 Å². The molecule has 0 amide bonds. The van der Waals surface area contributed by atoms with Crippen LogP contribution in [-0.4, -0.2) is 15.8 Å². The molecule has 3 heteroatoms. The second-order valence-corrected chi connectivity index (χ2v) is 5.72. The Balaban J connectivity index is 2.43. The molecule has 0 radical (unpaired) electrons. The summed E-state index contributed by atoms with van der Waals surface area (Å²) >= 11 is 0. The van der Waals surface area contributed by atoms with E-state index in [1.807, 2.05) is 6.92 Å². The highest BCUT2D eigenvalue weighted by atomic mass is 15.3. The lowest BCUT2D eigenvalue weighted by Crippen LogP contribution is -2.17. The number of benzene rings is 1. The van der Waals surface area contributed by atoms with Crippen LogP contribution in [0.5, 0.6) is 0 Å². The lowest BCUT2D eigenvalue weighted by Gasteiger charge is -2.12. The van der Waals surface area contributed by atoms with E-state index in [0.717, 1.165) is 18.5 Å². The van der Waals surface area contributed by atoms with Crippen LogP contribution in [0.3, 0.4) is 0 Å². The van der Waals surface area contributed by atoms with Crippen LogP contribution in [0, 0.1) is 20.8 Å². The van der Waals surface area contributed by atoms with Crippen LogP contribution in [0.2, 0.25) is 0 Å². The molecule has 0 fully saturated rings. The summed E-state index contributed by atoms with van der Waals surface area (Å²) in [6.07, 6.45) is 1.94. The molecule has 0 aliphatic heterocycles. The zero-order valence-electron chi connectivity index (χ0n) is 13.2. The number of nitrogens with zero attached hydrogens (tertiary/aromatic N) is 2. The van der Waals surface area contributed by atoms with E-state index in [1.54, 1.807) is 0 Å². The van der Waals surface area contributed by atoms with Crippen LogP contribution < -0.4 is 5.73 Å². The molecule has 0 spiro atoms. The van der Waals surface area contributed by atoms with Gasteiger partial charge in [0, 0.05) is 11.7 Å². The van der Waals surface area contributed by atoms with Crippen molar-refractivity contribution in [3.63, 3.8) is 0 Å². The number of rotatable bonds is 4. The van der Waals surface area contributed by atoms with Crippen molar-refractivity contribution in [1.29, 1.82) is 0 Å². The lowest BCUT2D eigenvalue weighted by molar-refractivity contribution is 0.736. The van der Waals surface area contributed by atoms with Crippen LogP contribution in [0.15, 0.2) is 18.2 Å². The van der Waals surface area contributed by atoms with Gasteiger partial charge < -0.3 is 5.73 Å². The molecule has 1 aromatic heterocycles. The van der Waals surface area contributed by atoms with Crippen molar-refractivity contribution in [3.05, 3.63) is 46.3 Å². The first-order valence-corrected chi connectivity index (χ1v) is 7.34. The minimum Gasteiger partial charge on any atom is -0.328 e. The van der Waals surface area contributed by atoms with Gasteiger partial charge in [0.25, 0.3) is 0 Å². The summed E-state index contributed by atoms with van der Waals surface area (Å²) in [4.78, 5) is 0. The second kappa shape index (κ2) is 5.80. The molecule has 2 rings (SSSR count). The van der Waals surface area contributed by atoms with Crippen LogP contribution in [-0.2, 0) is 12.8 Å². The maximum absolute atomic E-state index is 5.87. The maximum atomic E-state index is 5.87. The Morgan fingerprint density at radius 1 is 1.25 bits per heavy atom. The number of aryl methyl sites for hydroxylation is 2. The van der Waals surface area contributed by atoms with Crippen molar-refractivity contribution in [3.8, 4) is 5.69 Å². The van der Waals surface area contributed by atoms with Gasteiger partial charge in [-0.25, -0.2) is 4.68 Å². The molecule has 2 aromatic rings. The first kappa shape index (κ1) is 14.8. The third-order valence-corrected chi connectivity index (χ3v) is 3.84. The van der Waals surface area contributed by atoms with Crippen molar-refractivity contribution < 1.29 is 0 Å². The SMILES string of the molecule is CCc1c(C)nn(-c2ccc(CC(C)N)cc2C)c1C. The Morgan fingerprint density at radius 2 is 1.95 bits per heavy atom. The largest absolute Gasteiger partial charge is 0.328 e. The van der Waals surface area contributed by atoms with E-state index in [-0.39, 0.29) is 6.04 Å². The fourth-order valence-electron chi connectivity index (χ4n) is 2.88. The van der Waals surface area contributed by atoms with E-state index in [1.165, 1.54) is 28.1 Å². The third-order valence-electron chi connectivity index (χ3n) is 3.84. The molecule has 1 heterocycles. The number of hydrogen-bond acceptors (Lipinski definition) is 2. The third kappa shape index (κ3) is 2.78. The van der Waals surface area contributed by atoms with Crippen molar-refractivity contribution in [1.82, 2.24) is 9.78 Å². The molecule has 1 unspecified atom stereocenters. The quantitative estimate of drug-likeness (QED) is 0.927. The van der Waals surface area contributed by atoms with Crippen molar-refractivity contribution in [2.75, 3.05) is 0 Å². The molecule has 108 valence electrons. The van der Waals surface area contributed by atoms with Crippen molar-refractivity contribution in [2.24, 2.45) is 5.73 Å². The van der Waals surface area contributed by atoms with E-state index >= 15 is 0 Å². The summed E-state index contributed by atoms with van der Waals surface area (Å²) in [7, 11) is 0. The summed E-state index contributed by atoms with van der Waals surface area (Å²) in [5.74, 6) is 0. The standard InChI is InChI=1S/C17H25N3/c1-6-16-13(4)19-20(14(16)5)17-8-7-15(9-11(17)2)10-12(3)18/h7-9,12H,6,10,18H2,1-5H3. The lowest BCUT2D eigenvalue weighted by atomic mass is 10.0. The normalized spacial score (nSPS) is 12.7. The first-order valence-electron chi connectivity index (χ1n) is 7.34. The van der Waals surface area contributed by atoms with Gasteiger partial charge in [0.05, 0.1) is 11.4 Å². The molecular formula is C17H25N3. The Kier molecular flexibility index (Phi) is 4.29. The zero-order chi connectivity index (χ0) is 14.9. The van der Waals surface area contributed by atoms with Gasteiger partial charge in [0.2, 0.25) is 0 Å². The van der Waals surface area contributed by atoms with Gasteiger partial charge in [-0.05, 0) is 63.3 Å². The van der Waals surface area contributed by atoms with Gasteiger partial charge in [0.15, 0.2) is 0 Å². The molecule has 1 atom stereocenters. The highest BCUT2D eigenvalue weighted by molar-refractivity contribution is 5.45. The summed E-state index contributed by atoms with van der Waals surface area (Å²) in [5.41, 5.74) is 13.3. The Morgan fingerprint density at radius 3 is 2.45 bits per heavy atom. The number of nitrogens with two attached hydrogens (primary N) is 1. The minimum atomic E-state index is 0.195. The molecule has 0 aliphatic carbocycles. The van der Waals surface area contributed by atoms with E-state index < -0.39 is 0 Å². The van der Waals surface area contributed by atoms with Crippen molar-refractivity contribution in [2.45, 2.75) is 53.5 Å². The predicted molar refractivity (Wildman–Crippen MR) is 84.5 cm³/mol. The molecule has 3 nitrogen and oxygen atoms in total. The van der Waals surface area contributed by atoms with Crippen LogP contribution in [0.25, 0.3) is 5.69 Å². The van der Waals surface area contributed by atoms with E-state index in [9.17, 15) is 0 Å². The van der Waals surface area contributed by atoms with Gasteiger partial charge in [-0.2, -0.15) is 5.10 Å². The summed E-state index contributed by atoms with van der Waals surface area (Å²) in [6, 6.07) is 6.74. The highest BCUT2D eigenvalue weighted by Gasteiger charge is 2.13. The van der Waals surface area contributed by atoms with E-state index in [4.69, 9.17) is 10.8 Å². The highest BCUT2D eigenvalue weighted by Crippen LogP contribution is 2.22. The van der Waals surface area contributed by atoms with Crippen molar-refractivity contribution >= 4 is 0 Å². The molecular weight excluding hydrogens is 246 g/mol. The molecule has 0 bridgehead atoms. The van der Waals surface area contributed by atoms with Crippen LogP contribution in [0.4, 0.5) is 0 Å². The monoisotopic (exact) mass is 271 g/mol. The molecule has 0 aliphatic rings. The number of hydrogen-bond donors (Lipinski definition) is 1. The average molecular weight is 271 g/mol. The Labute approximate surface area is 121 Å². The Bertz CT molecular complexity index is 609. The van der Waals surface area contributed by atoms with Crippen LogP contribution in [0.1, 0.15) is 41.9 Å². The summed E-state index contributed by atoms with van der Waals surface area (Å²) in [5, 5.41) is 4.69. The predicted octanol–water partition coefficient (Wildman–Crippen LogP) is 3.25. The topological polar surface area (TPSA) is 43.8 Å². The fourth-order valence-corrected chi connectivity index (χ4v) is 2.88. The van der Waals surface area contributed by atoms with Gasteiger partial charge in [0.1, 0.15) is 0 Å².